The number of para-hydroxylation sites is 1. The van der Waals surface area contributed by atoms with Gasteiger partial charge in [-0.05, 0) is 54.5 Å². The number of sulfonamides is 1. The first-order valence-electron chi connectivity index (χ1n) is 10.2. The zero-order chi connectivity index (χ0) is 20.8. The molecule has 1 N–H and O–H groups in total. The van der Waals surface area contributed by atoms with Crippen molar-refractivity contribution in [2.45, 2.75) is 31.7 Å². The molecule has 0 bridgehead atoms. The van der Waals surface area contributed by atoms with Gasteiger partial charge in [0, 0.05) is 30.2 Å². The number of nitrogens with zero attached hydrogens (tertiary/aromatic N) is 1. The molecule has 29 heavy (non-hydrogen) atoms. The lowest BCUT2D eigenvalue weighted by Gasteiger charge is -2.30. The average molecular weight is 415 g/mol. The zero-order valence-electron chi connectivity index (χ0n) is 17.6. The van der Waals surface area contributed by atoms with Crippen LogP contribution in [0.5, 0.6) is 5.75 Å². The van der Waals surface area contributed by atoms with E-state index >= 15 is 0 Å². The lowest BCUT2D eigenvalue weighted by Crippen LogP contribution is -2.37. The van der Waals surface area contributed by atoms with Gasteiger partial charge in [0.2, 0.25) is 10.0 Å². The molecule has 0 aromatic heterocycles. The minimum absolute atomic E-state index is 0.135. The van der Waals surface area contributed by atoms with Crippen LogP contribution >= 0.6 is 0 Å². The van der Waals surface area contributed by atoms with Crippen LogP contribution in [-0.2, 0) is 21.9 Å². The lowest BCUT2D eigenvalue weighted by atomic mass is 9.91. The summed E-state index contributed by atoms with van der Waals surface area (Å²) in [5, 5.41) is 0. The van der Waals surface area contributed by atoms with Gasteiger partial charge in [-0.15, -0.1) is 0 Å². The molecule has 1 heterocycles. The van der Waals surface area contributed by atoms with Crippen molar-refractivity contribution >= 4 is 15.7 Å². The number of fused-ring (bicyclic) bond motifs is 1. The third-order valence-corrected chi connectivity index (χ3v) is 7.51. The molecule has 5 nitrogen and oxygen atoms in total. The van der Waals surface area contributed by atoms with E-state index < -0.39 is 10.0 Å². The van der Waals surface area contributed by atoms with E-state index in [1.54, 1.807) is 7.11 Å². The largest absolute Gasteiger partial charge is 0.496 e. The van der Waals surface area contributed by atoms with Crippen LogP contribution in [0.3, 0.4) is 0 Å². The molecule has 3 atom stereocenters. The van der Waals surface area contributed by atoms with Gasteiger partial charge in [-0.2, -0.15) is 0 Å². The zero-order valence-corrected chi connectivity index (χ0v) is 18.4. The van der Waals surface area contributed by atoms with Crippen LogP contribution in [-0.4, -0.2) is 45.8 Å². The number of rotatable bonds is 7. The summed E-state index contributed by atoms with van der Waals surface area (Å²) >= 11 is 0. The molecule has 2 aromatic carbocycles. The second kappa shape index (κ2) is 7.33. The summed E-state index contributed by atoms with van der Waals surface area (Å²) in [5.41, 5.74) is 3.27. The SMILES string of the molecule is COc1ccccc1CC(C)N1CC2C(C1)C2(C)c1cccc(NS(C)(=O)=O)c1. The predicted molar refractivity (Wildman–Crippen MR) is 117 cm³/mol. The Kier molecular flexibility index (Phi) is 5.11. The molecule has 0 radical (unpaired) electrons. The average Bonchev–Trinajstić information content (AvgIpc) is 3.03. The molecule has 2 fully saturated rings. The second-order valence-corrected chi connectivity index (χ2v) is 10.5. The molecule has 0 spiro atoms. The molecule has 1 aliphatic heterocycles. The van der Waals surface area contributed by atoms with Crippen molar-refractivity contribution in [2.75, 3.05) is 31.2 Å². The van der Waals surface area contributed by atoms with Crippen molar-refractivity contribution in [2.24, 2.45) is 11.8 Å². The van der Waals surface area contributed by atoms with Crippen LogP contribution in [0.4, 0.5) is 5.69 Å². The molecule has 2 aromatic rings. The topological polar surface area (TPSA) is 58.6 Å². The highest BCUT2D eigenvalue weighted by Gasteiger charge is 2.65. The van der Waals surface area contributed by atoms with E-state index in [1.807, 2.05) is 30.3 Å². The van der Waals surface area contributed by atoms with E-state index in [9.17, 15) is 8.42 Å². The molecule has 0 amide bonds. The fourth-order valence-electron chi connectivity index (χ4n) is 5.15. The fourth-order valence-corrected chi connectivity index (χ4v) is 5.71. The third kappa shape index (κ3) is 3.88. The predicted octanol–water partition coefficient (Wildman–Crippen LogP) is 3.52. The van der Waals surface area contributed by atoms with Gasteiger partial charge in [-0.3, -0.25) is 9.62 Å². The van der Waals surface area contributed by atoms with Crippen molar-refractivity contribution < 1.29 is 13.2 Å². The van der Waals surface area contributed by atoms with Gasteiger partial charge in [0.15, 0.2) is 0 Å². The lowest BCUT2D eigenvalue weighted by molar-refractivity contribution is 0.213. The van der Waals surface area contributed by atoms with E-state index in [0.717, 1.165) is 25.3 Å². The number of piperidine rings is 1. The van der Waals surface area contributed by atoms with Crippen LogP contribution < -0.4 is 9.46 Å². The summed E-state index contributed by atoms with van der Waals surface area (Å²) in [7, 11) is -1.53. The summed E-state index contributed by atoms with van der Waals surface area (Å²) in [4.78, 5) is 2.59. The Balaban J connectivity index is 1.42. The highest BCUT2D eigenvalue weighted by molar-refractivity contribution is 7.92. The van der Waals surface area contributed by atoms with Crippen LogP contribution in [0.2, 0.25) is 0 Å². The van der Waals surface area contributed by atoms with Crippen molar-refractivity contribution in [1.82, 2.24) is 4.90 Å². The van der Waals surface area contributed by atoms with Gasteiger partial charge in [0.25, 0.3) is 0 Å². The summed E-state index contributed by atoms with van der Waals surface area (Å²) < 4.78 is 31.2. The number of hydrogen-bond acceptors (Lipinski definition) is 4. The first-order valence-corrected chi connectivity index (χ1v) is 12.1. The number of hydrogen-bond donors (Lipinski definition) is 1. The molecule has 1 aliphatic carbocycles. The summed E-state index contributed by atoms with van der Waals surface area (Å²) in [6.45, 7) is 6.79. The first-order chi connectivity index (χ1) is 13.7. The summed E-state index contributed by atoms with van der Waals surface area (Å²) in [5.74, 6) is 2.20. The van der Waals surface area contributed by atoms with Gasteiger partial charge in [0.1, 0.15) is 5.75 Å². The number of methoxy groups -OCH3 is 1. The smallest absolute Gasteiger partial charge is 0.229 e. The van der Waals surface area contributed by atoms with Crippen LogP contribution in [0.15, 0.2) is 48.5 Å². The normalized spacial score (nSPS) is 27.3. The fraction of sp³-hybridized carbons (Fsp3) is 0.478. The quantitative estimate of drug-likeness (QED) is 0.753. The Labute approximate surface area is 174 Å². The van der Waals surface area contributed by atoms with Crippen LogP contribution in [0, 0.1) is 11.8 Å². The van der Waals surface area contributed by atoms with Gasteiger partial charge >= 0.3 is 0 Å². The maximum atomic E-state index is 11.6. The number of nitrogens with one attached hydrogen (secondary N) is 1. The van der Waals surface area contributed by atoms with E-state index in [-0.39, 0.29) is 5.41 Å². The molecule has 3 unspecified atom stereocenters. The Morgan fingerprint density at radius 2 is 1.86 bits per heavy atom. The van der Waals surface area contributed by atoms with E-state index in [0.29, 0.717) is 23.6 Å². The van der Waals surface area contributed by atoms with Crippen LogP contribution in [0.25, 0.3) is 0 Å². The molecular weight excluding hydrogens is 384 g/mol. The highest BCUT2D eigenvalue weighted by Crippen LogP contribution is 2.63. The number of likely N-dealkylation sites (tertiary alicyclic amines) is 1. The minimum atomic E-state index is -3.26. The van der Waals surface area contributed by atoms with E-state index in [2.05, 4.69) is 41.7 Å². The number of anilines is 1. The number of ether oxygens (including phenoxy) is 1. The van der Waals surface area contributed by atoms with E-state index in [1.165, 1.54) is 17.4 Å². The summed E-state index contributed by atoms with van der Waals surface area (Å²) in [6, 6.07) is 16.6. The maximum absolute atomic E-state index is 11.6. The minimum Gasteiger partial charge on any atom is -0.496 e. The Bertz CT molecular complexity index is 993. The molecule has 2 aliphatic rings. The summed E-state index contributed by atoms with van der Waals surface area (Å²) in [6.07, 6.45) is 2.17. The molecule has 6 heteroatoms. The second-order valence-electron chi connectivity index (χ2n) is 8.77. The van der Waals surface area contributed by atoms with E-state index in [4.69, 9.17) is 4.74 Å². The molecule has 156 valence electrons. The van der Waals surface area contributed by atoms with Crippen molar-refractivity contribution in [3.05, 3.63) is 59.7 Å². The van der Waals surface area contributed by atoms with Crippen molar-refractivity contribution in [1.29, 1.82) is 0 Å². The van der Waals surface area contributed by atoms with Gasteiger partial charge in [-0.1, -0.05) is 37.3 Å². The molecule has 1 saturated heterocycles. The van der Waals surface area contributed by atoms with Gasteiger partial charge < -0.3 is 4.74 Å². The van der Waals surface area contributed by atoms with Gasteiger partial charge in [-0.25, -0.2) is 8.42 Å². The standard InChI is InChI=1S/C23H30N2O3S/c1-16(12-17-8-5-6-11-22(17)28-3)25-14-20-21(15-25)23(20,2)18-9-7-10-19(13-18)24-29(4,26)27/h5-11,13,16,20-21,24H,12,14-15H2,1-4H3. The van der Waals surface area contributed by atoms with Crippen LogP contribution in [0.1, 0.15) is 25.0 Å². The Morgan fingerprint density at radius 3 is 2.52 bits per heavy atom. The number of benzene rings is 2. The van der Waals surface area contributed by atoms with Gasteiger partial charge in [0.05, 0.1) is 13.4 Å². The van der Waals surface area contributed by atoms with Crippen molar-refractivity contribution in [3.63, 3.8) is 0 Å². The monoisotopic (exact) mass is 414 g/mol. The Hall–Kier alpha value is -2.05. The third-order valence-electron chi connectivity index (χ3n) is 6.90. The Morgan fingerprint density at radius 1 is 1.17 bits per heavy atom. The first kappa shape index (κ1) is 20.2. The molecular formula is C23H30N2O3S. The molecule has 4 rings (SSSR count). The maximum Gasteiger partial charge on any atom is 0.229 e. The molecule has 1 saturated carbocycles. The highest BCUT2D eigenvalue weighted by atomic mass is 32.2. The van der Waals surface area contributed by atoms with Crippen molar-refractivity contribution in [3.8, 4) is 5.75 Å².